The third-order valence-electron chi connectivity index (χ3n) is 8.51. The number of nitrogens with zero attached hydrogens (tertiary/aromatic N) is 2. The van der Waals surface area contributed by atoms with E-state index in [9.17, 15) is 18.0 Å². The lowest BCUT2D eigenvalue weighted by Crippen LogP contribution is -2.54. The number of amides is 2. The molecule has 0 heterocycles. The molecule has 1 N–H and O–H groups in total. The van der Waals surface area contributed by atoms with Gasteiger partial charge in [0.05, 0.1) is 10.6 Å². The van der Waals surface area contributed by atoms with Gasteiger partial charge in [0.15, 0.2) is 0 Å². The fourth-order valence-corrected chi connectivity index (χ4v) is 7.51. The molecule has 5 rings (SSSR count). The lowest BCUT2D eigenvalue weighted by Gasteiger charge is -2.34. The van der Waals surface area contributed by atoms with Crippen molar-refractivity contribution in [3.8, 4) is 0 Å². The summed E-state index contributed by atoms with van der Waals surface area (Å²) in [5.41, 5.74) is 3.69. The lowest BCUT2D eigenvalue weighted by molar-refractivity contribution is -0.140. The average molecular weight is 658 g/mol. The standard InChI is InChI=1S/C37H40ClN3O4S/c1-27-16-22-33(23-17-27)46(44,45)41(34-15-9-6-10-28(34)2)26-36(42)40(25-30-18-20-31(38)21-19-30)35(24-29-11-4-3-5-12-29)37(43)39-32-13-7-8-14-32/h3-6,9-12,15-23,32,35H,7-8,13-14,24-26H2,1-2H3,(H,39,43). The number of anilines is 1. The third kappa shape index (κ3) is 8.17. The first-order valence-electron chi connectivity index (χ1n) is 15.6. The molecule has 1 saturated carbocycles. The summed E-state index contributed by atoms with van der Waals surface area (Å²) in [5.74, 6) is -0.738. The van der Waals surface area contributed by atoms with Crippen LogP contribution in [0.2, 0.25) is 5.02 Å². The molecule has 0 saturated heterocycles. The highest BCUT2D eigenvalue weighted by Crippen LogP contribution is 2.28. The van der Waals surface area contributed by atoms with Gasteiger partial charge in [-0.1, -0.05) is 103 Å². The predicted octanol–water partition coefficient (Wildman–Crippen LogP) is 6.85. The van der Waals surface area contributed by atoms with Gasteiger partial charge in [0, 0.05) is 24.0 Å². The number of carbonyl (C=O) groups is 2. The van der Waals surface area contributed by atoms with E-state index in [0.717, 1.165) is 42.4 Å². The number of hydrogen-bond acceptors (Lipinski definition) is 4. The first-order chi connectivity index (χ1) is 22.1. The number of sulfonamides is 1. The van der Waals surface area contributed by atoms with Gasteiger partial charge in [0.25, 0.3) is 10.0 Å². The highest BCUT2D eigenvalue weighted by Gasteiger charge is 2.36. The van der Waals surface area contributed by atoms with Crippen LogP contribution in [-0.2, 0) is 32.6 Å². The van der Waals surface area contributed by atoms with Crippen LogP contribution in [0.25, 0.3) is 0 Å². The Labute approximate surface area is 277 Å². The molecule has 1 atom stereocenters. The molecule has 1 fully saturated rings. The molecule has 1 unspecified atom stereocenters. The summed E-state index contributed by atoms with van der Waals surface area (Å²) < 4.78 is 29.6. The fourth-order valence-electron chi connectivity index (χ4n) is 5.90. The minimum absolute atomic E-state index is 0.0450. The topological polar surface area (TPSA) is 86.8 Å². The molecule has 0 aliphatic heterocycles. The van der Waals surface area contributed by atoms with E-state index in [-0.39, 0.29) is 29.8 Å². The summed E-state index contributed by atoms with van der Waals surface area (Å²) in [7, 11) is -4.16. The van der Waals surface area contributed by atoms with E-state index in [4.69, 9.17) is 11.6 Å². The normalized spacial score (nSPS) is 14.1. The van der Waals surface area contributed by atoms with Crippen molar-refractivity contribution in [1.29, 1.82) is 0 Å². The predicted molar refractivity (Wildman–Crippen MR) is 183 cm³/mol. The van der Waals surface area contributed by atoms with Crippen molar-refractivity contribution in [2.75, 3.05) is 10.8 Å². The maximum atomic E-state index is 14.6. The molecule has 0 spiro atoms. The molecular weight excluding hydrogens is 618 g/mol. The van der Waals surface area contributed by atoms with Crippen molar-refractivity contribution in [2.24, 2.45) is 0 Å². The summed E-state index contributed by atoms with van der Waals surface area (Å²) in [5, 5.41) is 3.75. The number of aryl methyl sites for hydroxylation is 2. The Morgan fingerprint density at radius 1 is 0.826 bits per heavy atom. The first-order valence-corrected chi connectivity index (χ1v) is 17.5. The van der Waals surface area contributed by atoms with E-state index in [2.05, 4.69) is 5.32 Å². The van der Waals surface area contributed by atoms with E-state index < -0.39 is 28.5 Å². The van der Waals surface area contributed by atoms with E-state index in [1.54, 1.807) is 48.5 Å². The van der Waals surface area contributed by atoms with Gasteiger partial charge >= 0.3 is 0 Å². The molecule has 1 aliphatic carbocycles. The molecular formula is C37H40ClN3O4S. The van der Waals surface area contributed by atoms with Gasteiger partial charge in [0.2, 0.25) is 11.8 Å². The molecule has 46 heavy (non-hydrogen) atoms. The van der Waals surface area contributed by atoms with Crippen molar-refractivity contribution >= 4 is 39.1 Å². The summed E-state index contributed by atoms with van der Waals surface area (Å²) in [6, 6.07) is 29.5. The number of para-hydroxylation sites is 1. The Bertz CT molecular complexity index is 1740. The van der Waals surface area contributed by atoms with Gasteiger partial charge in [0.1, 0.15) is 12.6 Å². The molecule has 1 aliphatic rings. The van der Waals surface area contributed by atoms with Crippen molar-refractivity contribution in [3.05, 3.63) is 130 Å². The van der Waals surface area contributed by atoms with E-state index >= 15 is 0 Å². The van der Waals surface area contributed by atoms with Crippen LogP contribution in [0.4, 0.5) is 5.69 Å². The zero-order valence-electron chi connectivity index (χ0n) is 26.2. The molecule has 0 aromatic heterocycles. The summed E-state index contributed by atoms with van der Waals surface area (Å²) in [4.78, 5) is 30.3. The lowest BCUT2D eigenvalue weighted by atomic mass is 10.0. The highest BCUT2D eigenvalue weighted by atomic mass is 35.5. The highest BCUT2D eigenvalue weighted by molar-refractivity contribution is 7.92. The molecule has 4 aromatic carbocycles. The second kappa shape index (κ2) is 15.0. The minimum Gasteiger partial charge on any atom is -0.352 e. The molecule has 7 nitrogen and oxygen atoms in total. The molecule has 4 aromatic rings. The number of halogens is 1. The van der Waals surface area contributed by atoms with Gasteiger partial charge in [-0.05, 0) is 73.7 Å². The molecule has 240 valence electrons. The van der Waals surface area contributed by atoms with Crippen molar-refractivity contribution in [3.63, 3.8) is 0 Å². The number of rotatable bonds is 12. The summed E-state index contributed by atoms with van der Waals surface area (Å²) in [6.07, 6.45) is 4.15. The van der Waals surface area contributed by atoms with Gasteiger partial charge in [-0.3, -0.25) is 13.9 Å². The Hall–Kier alpha value is -4.14. The number of carbonyl (C=O) groups excluding carboxylic acids is 2. The summed E-state index contributed by atoms with van der Waals surface area (Å²) >= 11 is 6.18. The Morgan fingerprint density at radius 2 is 1.46 bits per heavy atom. The first kappa shape index (κ1) is 33.2. The molecule has 2 amide bonds. The van der Waals surface area contributed by atoms with Gasteiger partial charge in [-0.25, -0.2) is 8.42 Å². The Kier molecular flexibility index (Phi) is 10.8. The zero-order valence-corrected chi connectivity index (χ0v) is 27.8. The smallest absolute Gasteiger partial charge is 0.264 e. The third-order valence-corrected chi connectivity index (χ3v) is 10.5. The zero-order chi connectivity index (χ0) is 32.7. The Morgan fingerprint density at radius 3 is 2.11 bits per heavy atom. The summed E-state index contributed by atoms with van der Waals surface area (Å²) in [6.45, 7) is 3.31. The fraction of sp³-hybridized carbons (Fsp3) is 0.297. The monoisotopic (exact) mass is 657 g/mol. The van der Waals surface area contributed by atoms with E-state index in [0.29, 0.717) is 16.3 Å². The maximum Gasteiger partial charge on any atom is 0.264 e. The second-order valence-corrected chi connectivity index (χ2v) is 14.3. The van der Waals surface area contributed by atoms with Gasteiger partial charge in [-0.15, -0.1) is 0 Å². The number of hydrogen-bond donors (Lipinski definition) is 1. The molecule has 9 heteroatoms. The quantitative estimate of drug-likeness (QED) is 0.181. The second-order valence-electron chi connectivity index (χ2n) is 12.0. The Balaban J connectivity index is 1.57. The van der Waals surface area contributed by atoms with E-state index in [1.807, 2.05) is 68.4 Å². The molecule has 0 radical (unpaired) electrons. The van der Waals surface area contributed by atoms with Crippen LogP contribution >= 0.6 is 11.6 Å². The van der Waals surface area contributed by atoms with Crippen molar-refractivity contribution in [1.82, 2.24) is 10.2 Å². The number of benzene rings is 4. The van der Waals surface area contributed by atoms with Crippen LogP contribution in [0.3, 0.4) is 0 Å². The van der Waals surface area contributed by atoms with Crippen LogP contribution in [0.5, 0.6) is 0 Å². The SMILES string of the molecule is Cc1ccc(S(=O)(=O)N(CC(=O)N(Cc2ccc(Cl)cc2)C(Cc2ccccc2)C(=O)NC2CCCC2)c2ccccc2C)cc1. The van der Waals surface area contributed by atoms with Crippen LogP contribution in [0, 0.1) is 13.8 Å². The van der Waals surface area contributed by atoms with Crippen LogP contribution in [-0.4, -0.2) is 43.8 Å². The van der Waals surface area contributed by atoms with Gasteiger partial charge in [-0.2, -0.15) is 0 Å². The van der Waals surface area contributed by atoms with Crippen molar-refractivity contribution < 1.29 is 18.0 Å². The van der Waals surface area contributed by atoms with Crippen LogP contribution in [0.1, 0.15) is 47.9 Å². The maximum absolute atomic E-state index is 14.6. The van der Waals surface area contributed by atoms with Crippen LogP contribution in [0.15, 0.2) is 108 Å². The van der Waals surface area contributed by atoms with Crippen molar-refractivity contribution in [2.45, 2.75) is 69.5 Å². The largest absolute Gasteiger partial charge is 0.352 e. The number of nitrogens with one attached hydrogen (secondary N) is 1. The average Bonchev–Trinajstić information content (AvgIpc) is 3.56. The van der Waals surface area contributed by atoms with Crippen LogP contribution < -0.4 is 9.62 Å². The van der Waals surface area contributed by atoms with Gasteiger partial charge < -0.3 is 10.2 Å². The van der Waals surface area contributed by atoms with E-state index in [1.165, 1.54) is 9.21 Å². The molecule has 0 bridgehead atoms. The minimum atomic E-state index is -4.16.